The van der Waals surface area contributed by atoms with Crippen LogP contribution >= 0.6 is 0 Å². The van der Waals surface area contributed by atoms with Gasteiger partial charge in [-0.25, -0.2) is 0 Å². The Balaban J connectivity index is 1.99. The normalized spacial score (nSPS) is 29.3. The number of likely N-dealkylation sites (N-methyl/N-ethyl adjacent to an activating group) is 1. The van der Waals surface area contributed by atoms with E-state index in [-0.39, 0.29) is 11.8 Å². The van der Waals surface area contributed by atoms with Crippen molar-refractivity contribution in [2.24, 2.45) is 0 Å². The number of hydrogen-bond acceptors (Lipinski definition) is 4. The molecule has 0 radical (unpaired) electrons. The minimum Gasteiger partial charge on any atom is -0.389 e. The molecule has 4 rings (SSSR count). The van der Waals surface area contributed by atoms with Gasteiger partial charge in [0, 0.05) is 27.1 Å². The molecule has 0 saturated carbocycles. The highest BCUT2D eigenvalue weighted by Gasteiger charge is 2.59. The lowest BCUT2D eigenvalue weighted by Crippen LogP contribution is -2.68. The molecular formula is C19H28N2O4Si. The predicted molar refractivity (Wildman–Crippen MR) is 101 cm³/mol. The maximum Gasteiger partial charge on any atom is 0.251 e. The molecule has 2 amide bonds. The van der Waals surface area contributed by atoms with E-state index in [4.69, 9.17) is 9.16 Å². The van der Waals surface area contributed by atoms with E-state index < -0.39 is 26.2 Å². The van der Waals surface area contributed by atoms with Gasteiger partial charge in [-0.15, -0.1) is 0 Å². The van der Waals surface area contributed by atoms with Gasteiger partial charge in [-0.1, -0.05) is 30.3 Å². The van der Waals surface area contributed by atoms with Crippen LogP contribution in [0.25, 0.3) is 0 Å². The third kappa shape index (κ3) is 3.31. The van der Waals surface area contributed by atoms with Crippen molar-refractivity contribution < 1.29 is 18.8 Å². The average molecular weight is 377 g/mol. The van der Waals surface area contributed by atoms with E-state index in [9.17, 15) is 9.59 Å². The first-order chi connectivity index (χ1) is 12.2. The molecule has 3 aliphatic rings. The summed E-state index contributed by atoms with van der Waals surface area (Å²) in [5.74, 6) is -1.21. The fraction of sp³-hybridized carbons (Fsp3) is 0.579. The zero-order valence-corrected chi connectivity index (χ0v) is 17.2. The summed E-state index contributed by atoms with van der Waals surface area (Å²) < 4.78 is 12.2. The number of carbonyl (C=O) groups excluding carboxylic acids is 2. The molecule has 3 fully saturated rings. The van der Waals surface area contributed by atoms with Gasteiger partial charge in [0.15, 0.2) is 20.1 Å². The second-order valence-electron chi connectivity index (χ2n) is 8.09. The Morgan fingerprint density at radius 2 is 1.81 bits per heavy atom. The van der Waals surface area contributed by atoms with Crippen LogP contribution in [0.2, 0.25) is 19.6 Å². The van der Waals surface area contributed by atoms with Crippen molar-refractivity contribution in [1.82, 2.24) is 9.80 Å². The van der Waals surface area contributed by atoms with Crippen molar-refractivity contribution >= 4 is 20.1 Å². The molecule has 0 unspecified atom stereocenters. The smallest absolute Gasteiger partial charge is 0.251 e. The van der Waals surface area contributed by atoms with Crippen LogP contribution in [0, 0.1) is 0 Å². The highest BCUT2D eigenvalue weighted by molar-refractivity contribution is 6.69. The number of nitrogens with zero attached hydrogens (tertiary/aromatic N) is 2. The summed E-state index contributed by atoms with van der Waals surface area (Å²) in [5, 5.41) is 0. The average Bonchev–Trinajstić information content (AvgIpc) is 2.75. The number of carbonyl (C=O) groups is 2. The molecule has 0 spiro atoms. The number of ether oxygens (including phenoxy) is 1. The van der Waals surface area contributed by atoms with E-state index in [1.54, 1.807) is 19.1 Å². The van der Waals surface area contributed by atoms with Gasteiger partial charge < -0.3 is 19.0 Å². The maximum absolute atomic E-state index is 13.4. The fourth-order valence-corrected chi connectivity index (χ4v) is 5.39. The van der Waals surface area contributed by atoms with Crippen LogP contribution < -0.4 is 0 Å². The second kappa shape index (κ2) is 6.79. The Hall–Kier alpha value is -1.70. The van der Waals surface area contributed by atoms with Crippen LogP contribution in [-0.2, 0) is 25.3 Å². The Kier molecular flexibility index (Phi) is 4.98. The molecule has 3 saturated heterocycles. The van der Waals surface area contributed by atoms with Crippen molar-refractivity contribution in [3.05, 3.63) is 35.9 Å². The SMILES string of the molecule is CO[C@@]1(O[Si](C)(C)C)CC[C@H]2C(=O)N(C)[C@@H]1C(=O)N2Cc1ccccc1. The number of piperazine rings is 1. The molecule has 0 aliphatic carbocycles. The van der Waals surface area contributed by atoms with Crippen LogP contribution in [0.5, 0.6) is 0 Å². The second-order valence-corrected chi connectivity index (χ2v) is 12.5. The molecule has 2 bridgehead atoms. The van der Waals surface area contributed by atoms with E-state index in [1.165, 1.54) is 4.90 Å². The van der Waals surface area contributed by atoms with Crippen LogP contribution in [0.4, 0.5) is 0 Å². The molecule has 6 nitrogen and oxygen atoms in total. The maximum atomic E-state index is 13.4. The molecular weight excluding hydrogens is 348 g/mol. The molecule has 3 atom stereocenters. The largest absolute Gasteiger partial charge is 0.389 e. The van der Waals surface area contributed by atoms with Crippen LogP contribution in [0.1, 0.15) is 18.4 Å². The monoisotopic (exact) mass is 376 g/mol. The zero-order chi connectivity index (χ0) is 19.1. The molecule has 0 N–H and O–H groups in total. The first kappa shape index (κ1) is 19.1. The van der Waals surface area contributed by atoms with Crippen LogP contribution in [0.15, 0.2) is 30.3 Å². The van der Waals surface area contributed by atoms with E-state index in [0.717, 1.165) is 5.56 Å². The number of hydrogen-bond donors (Lipinski definition) is 0. The lowest BCUT2D eigenvalue weighted by Gasteiger charge is -2.47. The van der Waals surface area contributed by atoms with E-state index in [1.807, 2.05) is 30.3 Å². The molecule has 3 heterocycles. The minimum atomic E-state index is -2.01. The summed E-state index contributed by atoms with van der Waals surface area (Å²) in [6, 6.07) is 8.55. The van der Waals surface area contributed by atoms with Crippen molar-refractivity contribution in [3.8, 4) is 0 Å². The van der Waals surface area contributed by atoms with Crippen molar-refractivity contribution in [2.75, 3.05) is 14.2 Å². The van der Waals surface area contributed by atoms with Crippen molar-refractivity contribution in [2.45, 2.75) is 56.9 Å². The van der Waals surface area contributed by atoms with Crippen LogP contribution in [0.3, 0.4) is 0 Å². The third-order valence-electron chi connectivity index (χ3n) is 5.12. The van der Waals surface area contributed by atoms with Gasteiger partial charge in [-0.2, -0.15) is 0 Å². The molecule has 142 valence electrons. The topological polar surface area (TPSA) is 59.1 Å². The Labute approximate surface area is 156 Å². The van der Waals surface area contributed by atoms with Gasteiger partial charge in [-0.3, -0.25) is 9.59 Å². The highest BCUT2D eigenvalue weighted by atomic mass is 28.4. The van der Waals surface area contributed by atoms with Gasteiger partial charge in [0.25, 0.3) is 5.91 Å². The standard InChI is InChI=1S/C19H28N2O4Si/c1-20-16-18(23)21(13-14-9-7-6-8-10-14)15(17(20)22)11-12-19(16,24-2)25-26(3,4)5/h6-10,15-16H,11-13H2,1-5H3/t15-,16+,19+/m0/s1. The van der Waals surface area contributed by atoms with Gasteiger partial charge in [-0.05, 0) is 31.6 Å². The summed E-state index contributed by atoms with van der Waals surface area (Å²) >= 11 is 0. The van der Waals surface area contributed by atoms with E-state index >= 15 is 0 Å². The molecule has 3 aliphatic heterocycles. The van der Waals surface area contributed by atoms with Crippen LogP contribution in [-0.4, -0.2) is 62.0 Å². The lowest BCUT2D eigenvalue weighted by molar-refractivity contribution is -0.215. The Morgan fingerprint density at radius 1 is 1.15 bits per heavy atom. The van der Waals surface area contributed by atoms with Gasteiger partial charge in [0.2, 0.25) is 5.91 Å². The molecule has 1 aromatic carbocycles. The predicted octanol–water partition coefficient (Wildman–Crippen LogP) is 2.21. The van der Waals surface area contributed by atoms with Gasteiger partial charge in [0.1, 0.15) is 6.04 Å². The number of methoxy groups -OCH3 is 1. The molecule has 0 aromatic heterocycles. The Bertz CT molecular complexity index is 691. The third-order valence-corrected chi connectivity index (χ3v) is 6.07. The number of benzene rings is 1. The molecule has 26 heavy (non-hydrogen) atoms. The van der Waals surface area contributed by atoms with E-state index in [0.29, 0.717) is 19.4 Å². The van der Waals surface area contributed by atoms with Crippen molar-refractivity contribution in [3.63, 3.8) is 0 Å². The van der Waals surface area contributed by atoms with Gasteiger partial charge >= 0.3 is 0 Å². The summed E-state index contributed by atoms with van der Waals surface area (Å²) in [7, 11) is 1.25. The molecule has 1 aromatic rings. The van der Waals surface area contributed by atoms with Crippen molar-refractivity contribution in [1.29, 1.82) is 0 Å². The summed E-state index contributed by atoms with van der Waals surface area (Å²) in [6.07, 6.45) is 1.06. The number of amides is 2. The van der Waals surface area contributed by atoms with Gasteiger partial charge in [0.05, 0.1) is 0 Å². The summed E-state index contributed by atoms with van der Waals surface area (Å²) in [4.78, 5) is 29.6. The molecule has 7 heteroatoms. The lowest BCUT2D eigenvalue weighted by atomic mass is 10.0. The summed E-state index contributed by atoms with van der Waals surface area (Å²) in [5.41, 5.74) is 1.01. The zero-order valence-electron chi connectivity index (χ0n) is 16.2. The van der Waals surface area contributed by atoms with E-state index in [2.05, 4.69) is 19.6 Å². The minimum absolute atomic E-state index is 0.0383. The quantitative estimate of drug-likeness (QED) is 0.584. The number of fused-ring (bicyclic) bond motifs is 4. The summed E-state index contributed by atoms with van der Waals surface area (Å²) in [6.45, 7) is 6.63. The highest BCUT2D eigenvalue weighted by Crippen LogP contribution is 2.40. The Morgan fingerprint density at radius 3 is 2.38 bits per heavy atom. The first-order valence-corrected chi connectivity index (χ1v) is 12.5. The fourth-order valence-electron chi connectivity index (χ4n) is 4.06. The first-order valence-electron chi connectivity index (χ1n) is 9.05. The number of rotatable bonds is 5.